The molecule has 0 amide bonds. The Balaban J connectivity index is 2.18. The van der Waals surface area contributed by atoms with Gasteiger partial charge in [0.15, 0.2) is 0 Å². The number of nitrogens with zero attached hydrogens (tertiary/aromatic N) is 1. The average molecular weight is 290 g/mol. The monoisotopic (exact) mass is 290 g/mol. The first-order valence-electron chi connectivity index (χ1n) is 6.74. The zero-order chi connectivity index (χ0) is 14.4. The number of rotatable bonds is 7. The third-order valence-electron chi connectivity index (χ3n) is 3.48. The molecule has 1 atom stereocenters. The van der Waals surface area contributed by atoms with Crippen molar-refractivity contribution in [3.8, 4) is 0 Å². The van der Waals surface area contributed by atoms with Crippen LogP contribution in [0.3, 0.4) is 0 Å². The first kappa shape index (κ1) is 15.2. The quantitative estimate of drug-likeness (QED) is 0.852. The smallest absolute Gasteiger partial charge is 0.0716 e. The number of methoxy groups -OCH3 is 1. The average Bonchev–Trinajstić information content (AvgIpc) is 2.94. The molecule has 0 aliphatic carbocycles. The van der Waals surface area contributed by atoms with E-state index in [-0.39, 0.29) is 6.04 Å². The summed E-state index contributed by atoms with van der Waals surface area (Å²) in [5.41, 5.74) is 9.82. The van der Waals surface area contributed by atoms with Crippen LogP contribution in [-0.4, -0.2) is 25.6 Å². The van der Waals surface area contributed by atoms with Gasteiger partial charge in [0.25, 0.3) is 0 Å². The predicted octanol–water partition coefficient (Wildman–Crippen LogP) is 3.03. The first-order valence-corrected chi connectivity index (χ1v) is 7.68. The number of benzene rings is 1. The van der Waals surface area contributed by atoms with Crippen molar-refractivity contribution in [3.63, 3.8) is 0 Å². The molecule has 0 bridgehead atoms. The molecular formula is C16H22N2OS. The second kappa shape index (κ2) is 7.55. The van der Waals surface area contributed by atoms with E-state index in [0.29, 0.717) is 13.2 Å². The van der Waals surface area contributed by atoms with Crippen molar-refractivity contribution in [2.24, 2.45) is 5.73 Å². The molecule has 2 aromatic rings. The summed E-state index contributed by atoms with van der Waals surface area (Å²) in [6.07, 6.45) is 0. The van der Waals surface area contributed by atoms with Crippen molar-refractivity contribution in [1.82, 2.24) is 4.90 Å². The summed E-state index contributed by atoms with van der Waals surface area (Å²) in [5.74, 6) is 0. The van der Waals surface area contributed by atoms with Crippen LogP contribution in [-0.2, 0) is 17.9 Å². The minimum Gasteiger partial charge on any atom is -0.380 e. The Labute approximate surface area is 125 Å². The van der Waals surface area contributed by atoms with E-state index in [4.69, 9.17) is 10.5 Å². The second-order valence-corrected chi connectivity index (χ2v) is 5.71. The summed E-state index contributed by atoms with van der Waals surface area (Å²) in [7, 11) is 3.85. The SMILES string of the molecule is COCc1ccccc1C(CN)N(C)Cc1ccsc1. The van der Waals surface area contributed by atoms with Crippen LogP contribution in [0.2, 0.25) is 0 Å². The van der Waals surface area contributed by atoms with E-state index in [1.807, 2.05) is 6.07 Å². The van der Waals surface area contributed by atoms with Gasteiger partial charge in [-0.15, -0.1) is 0 Å². The Morgan fingerprint density at radius 1 is 1.30 bits per heavy atom. The fourth-order valence-corrected chi connectivity index (χ4v) is 3.13. The molecule has 4 heteroatoms. The lowest BCUT2D eigenvalue weighted by molar-refractivity contribution is 0.179. The molecule has 0 saturated carbocycles. The molecule has 3 nitrogen and oxygen atoms in total. The maximum atomic E-state index is 6.02. The van der Waals surface area contributed by atoms with Gasteiger partial charge >= 0.3 is 0 Å². The fraction of sp³-hybridized carbons (Fsp3) is 0.375. The van der Waals surface area contributed by atoms with Gasteiger partial charge in [0.05, 0.1) is 6.61 Å². The van der Waals surface area contributed by atoms with Crippen LogP contribution in [0.1, 0.15) is 22.7 Å². The van der Waals surface area contributed by atoms with Crippen molar-refractivity contribution < 1.29 is 4.74 Å². The zero-order valence-electron chi connectivity index (χ0n) is 12.1. The molecular weight excluding hydrogens is 268 g/mol. The summed E-state index contributed by atoms with van der Waals surface area (Å²) >= 11 is 1.73. The van der Waals surface area contributed by atoms with E-state index in [2.05, 4.69) is 47.0 Å². The molecule has 1 aromatic heterocycles. The summed E-state index contributed by atoms with van der Waals surface area (Å²) in [5, 5.41) is 4.30. The van der Waals surface area contributed by atoms with Gasteiger partial charge in [0.2, 0.25) is 0 Å². The van der Waals surface area contributed by atoms with Gasteiger partial charge in [-0.05, 0) is 40.6 Å². The van der Waals surface area contributed by atoms with Gasteiger partial charge in [-0.1, -0.05) is 24.3 Å². The summed E-state index contributed by atoms with van der Waals surface area (Å²) < 4.78 is 5.29. The van der Waals surface area contributed by atoms with Gasteiger partial charge in [-0.2, -0.15) is 11.3 Å². The van der Waals surface area contributed by atoms with Crippen LogP contribution in [0.25, 0.3) is 0 Å². The lowest BCUT2D eigenvalue weighted by Gasteiger charge is -2.28. The molecule has 108 valence electrons. The summed E-state index contributed by atoms with van der Waals surface area (Å²) in [6, 6.07) is 10.7. The number of thiophene rings is 1. The van der Waals surface area contributed by atoms with Crippen molar-refractivity contribution in [2.45, 2.75) is 19.2 Å². The zero-order valence-corrected chi connectivity index (χ0v) is 12.9. The molecule has 0 spiro atoms. The van der Waals surface area contributed by atoms with Crippen LogP contribution >= 0.6 is 11.3 Å². The Kier molecular flexibility index (Phi) is 5.73. The van der Waals surface area contributed by atoms with E-state index in [1.54, 1.807) is 18.4 Å². The first-order chi connectivity index (χ1) is 9.76. The molecule has 2 N–H and O–H groups in total. The second-order valence-electron chi connectivity index (χ2n) is 4.93. The maximum absolute atomic E-state index is 6.02. The molecule has 1 unspecified atom stereocenters. The standard InChI is InChI=1S/C16H22N2OS/c1-18(10-13-7-8-20-12-13)16(9-17)15-6-4-3-5-14(15)11-19-2/h3-8,12,16H,9-11,17H2,1-2H3. The van der Waals surface area contributed by atoms with E-state index in [0.717, 1.165) is 6.54 Å². The normalized spacial score (nSPS) is 12.8. The molecule has 2 rings (SSSR count). The van der Waals surface area contributed by atoms with Crippen LogP contribution in [0.5, 0.6) is 0 Å². The molecule has 0 fully saturated rings. The molecule has 1 heterocycles. The molecule has 0 saturated heterocycles. The lowest BCUT2D eigenvalue weighted by Crippen LogP contribution is -2.30. The van der Waals surface area contributed by atoms with E-state index >= 15 is 0 Å². The predicted molar refractivity (Wildman–Crippen MR) is 84.7 cm³/mol. The Hall–Kier alpha value is -1.20. The number of hydrogen-bond donors (Lipinski definition) is 1. The number of hydrogen-bond acceptors (Lipinski definition) is 4. The van der Waals surface area contributed by atoms with E-state index < -0.39 is 0 Å². The van der Waals surface area contributed by atoms with E-state index in [1.165, 1.54) is 16.7 Å². The molecule has 0 aliphatic heterocycles. The maximum Gasteiger partial charge on any atom is 0.0716 e. The molecule has 1 aromatic carbocycles. The highest BCUT2D eigenvalue weighted by molar-refractivity contribution is 7.07. The minimum atomic E-state index is 0.209. The van der Waals surface area contributed by atoms with Crippen molar-refractivity contribution in [1.29, 1.82) is 0 Å². The Bertz CT molecular complexity index is 513. The van der Waals surface area contributed by atoms with Gasteiger partial charge in [0, 0.05) is 26.2 Å². The van der Waals surface area contributed by atoms with E-state index in [9.17, 15) is 0 Å². The van der Waals surface area contributed by atoms with Gasteiger partial charge in [-0.25, -0.2) is 0 Å². The number of likely N-dealkylation sites (N-methyl/N-ethyl adjacent to an activating group) is 1. The summed E-state index contributed by atoms with van der Waals surface area (Å²) in [4.78, 5) is 2.30. The molecule has 0 radical (unpaired) electrons. The molecule has 20 heavy (non-hydrogen) atoms. The number of ether oxygens (including phenoxy) is 1. The van der Waals surface area contributed by atoms with Gasteiger partial charge in [0.1, 0.15) is 0 Å². The topological polar surface area (TPSA) is 38.5 Å². The largest absolute Gasteiger partial charge is 0.380 e. The lowest BCUT2D eigenvalue weighted by atomic mass is 9.99. The van der Waals surface area contributed by atoms with Crippen LogP contribution < -0.4 is 5.73 Å². The van der Waals surface area contributed by atoms with Crippen LogP contribution in [0.15, 0.2) is 41.1 Å². The minimum absolute atomic E-state index is 0.209. The highest BCUT2D eigenvalue weighted by Gasteiger charge is 2.18. The van der Waals surface area contributed by atoms with Crippen molar-refractivity contribution in [2.75, 3.05) is 20.7 Å². The third kappa shape index (κ3) is 3.67. The summed E-state index contributed by atoms with van der Waals surface area (Å²) in [6.45, 7) is 2.13. The highest BCUT2D eigenvalue weighted by Crippen LogP contribution is 2.24. The fourth-order valence-electron chi connectivity index (χ4n) is 2.47. The highest BCUT2D eigenvalue weighted by atomic mass is 32.1. The van der Waals surface area contributed by atoms with Crippen LogP contribution in [0.4, 0.5) is 0 Å². The third-order valence-corrected chi connectivity index (χ3v) is 4.21. The number of nitrogens with two attached hydrogens (primary N) is 1. The van der Waals surface area contributed by atoms with Crippen molar-refractivity contribution >= 4 is 11.3 Å². The van der Waals surface area contributed by atoms with Gasteiger partial charge < -0.3 is 10.5 Å². The molecule has 0 aliphatic rings. The van der Waals surface area contributed by atoms with Crippen LogP contribution in [0, 0.1) is 0 Å². The van der Waals surface area contributed by atoms with Gasteiger partial charge in [-0.3, -0.25) is 4.90 Å². The van der Waals surface area contributed by atoms with Crippen molar-refractivity contribution in [3.05, 3.63) is 57.8 Å². The Morgan fingerprint density at radius 3 is 2.75 bits per heavy atom. The Morgan fingerprint density at radius 2 is 2.10 bits per heavy atom.